The first-order valence-corrected chi connectivity index (χ1v) is 10.4. The number of pyridine rings is 1. The highest BCUT2D eigenvalue weighted by atomic mass is 19.1. The van der Waals surface area contributed by atoms with E-state index < -0.39 is 11.9 Å². The van der Waals surface area contributed by atoms with Gasteiger partial charge in [0.25, 0.3) is 0 Å². The van der Waals surface area contributed by atoms with Gasteiger partial charge in [-0.1, -0.05) is 0 Å². The van der Waals surface area contributed by atoms with Gasteiger partial charge in [-0.25, -0.2) is 28.8 Å². The maximum Gasteiger partial charge on any atom is 0.218 e. The highest BCUT2D eigenvalue weighted by molar-refractivity contribution is 5.61. The van der Waals surface area contributed by atoms with Gasteiger partial charge in [-0.15, -0.1) is 5.10 Å². The molecule has 0 spiro atoms. The van der Waals surface area contributed by atoms with Crippen molar-refractivity contribution in [3.8, 4) is 17.3 Å². The van der Waals surface area contributed by atoms with Gasteiger partial charge in [0.15, 0.2) is 5.65 Å². The number of nitrogens with zero attached hydrogens (tertiary/aromatic N) is 7. The molecule has 4 aromatic heterocycles. The summed E-state index contributed by atoms with van der Waals surface area (Å²) in [6, 6.07) is 6.90. The molecule has 0 aromatic carbocycles. The van der Waals surface area contributed by atoms with E-state index in [2.05, 4.69) is 24.8 Å². The molecule has 164 valence electrons. The van der Waals surface area contributed by atoms with Crippen LogP contribution < -0.4 is 9.64 Å². The molecule has 9 nitrogen and oxygen atoms in total. The van der Waals surface area contributed by atoms with Crippen molar-refractivity contribution in [2.75, 3.05) is 18.6 Å². The van der Waals surface area contributed by atoms with Crippen molar-refractivity contribution >= 4 is 11.5 Å². The molecule has 1 N–H and O–H groups in total. The Labute approximate surface area is 183 Å². The number of aliphatic hydroxyl groups is 1. The van der Waals surface area contributed by atoms with Gasteiger partial charge in [0.05, 0.1) is 43.0 Å². The van der Waals surface area contributed by atoms with E-state index in [-0.39, 0.29) is 6.04 Å². The predicted molar refractivity (Wildman–Crippen MR) is 115 cm³/mol. The number of rotatable bonds is 5. The first-order chi connectivity index (χ1) is 15.5. The number of hydrogen-bond acceptors (Lipinski definition) is 8. The molecule has 1 fully saturated rings. The van der Waals surface area contributed by atoms with Crippen LogP contribution >= 0.6 is 0 Å². The summed E-state index contributed by atoms with van der Waals surface area (Å²) < 4.78 is 21.1. The molecule has 32 heavy (non-hydrogen) atoms. The zero-order chi connectivity index (χ0) is 22.2. The van der Waals surface area contributed by atoms with E-state index in [9.17, 15) is 9.50 Å². The number of imidazole rings is 1. The number of aromatic nitrogens is 6. The smallest absolute Gasteiger partial charge is 0.218 e. The number of anilines is 1. The quantitative estimate of drug-likeness (QED) is 0.510. The summed E-state index contributed by atoms with van der Waals surface area (Å²) in [4.78, 5) is 19.1. The van der Waals surface area contributed by atoms with Gasteiger partial charge in [0.2, 0.25) is 5.88 Å². The van der Waals surface area contributed by atoms with Crippen LogP contribution in [0.1, 0.15) is 43.2 Å². The largest absolute Gasteiger partial charge is 0.481 e. The molecule has 0 aliphatic carbocycles. The van der Waals surface area contributed by atoms with Crippen LogP contribution in [0.2, 0.25) is 0 Å². The van der Waals surface area contributed by atoms with Crippen molar-refractivity contribution in [3.63, 3.8) is 0 Å². The van der Waals surface area contributed by atoms with E-state index in [4.69, 9.17) is 9.84 Å². The predicted octanol–water partition coefficient (Wildman–Crippen LogP) is 3.12. The average Bonchev–Trinajstić information content (AvgIpc) is 3.46. The summed E-state index contributed by atoms with van der Waals surface area (Å²) in [6.45, 7) is 2.42. The lowest BCUT2D eigenvalue weighted by Crippen LogP contribution is -2.25. The highest BCUT2D eigenvalue weighted by Gasteiger charge is 2.31. The first kappa shape index (κ1) is 20.3. The molecule has 1 unspecified atom stereocenters. The third kappa shape index (κ3) is 3.52. The van der Waals surface area contributed by atoms with Gasteiger partial charge >= 0.3 is 0 Å². The third-order valence-corrected chi connectivity index (χ3v) is 5.67. The monoisotopic (exact) mass is 435 g/mol. The average molecular weight is 435 g/mol. The minimum atomic E-state index is -0.709. The fraction of sp³-hybridized carbons (Fsp3) is 0.318. The highest BCUT2D eigenvalue weighted by Crippen LogP contribution is 2.39. The SMILES string of the molecule is COc1ncc(F)cc1C1CCCN1c1ccc2ncc(-c3cc([C@@H](C)O)ncn3)n2n1. The Morgan fingerprint density at radius 3 is 2.84 bits per heavy atom. The normalized spacial score (nSPS) is 17.1. The number of methoxy groups -OCH3 is 1. The van der Waals surface area contributed by atoms with Crippen LogP contribution in [0.4, 0.5) is 10.2 Å². The number of ether oxygens (including phenoxy) is 1. The molecular weight excluding hydrogens is 413 g/mol. The molecule has 1 aliphatic rings. The summed E-state index contributed by atoms with van der Waals surface area (Å²) in [7, 11) is 1.54. The van der Waals surface area contributed by atoms with E-state index in [1.807, 2.05) is 12.1 Å². The number of aliphatic hydroxyl groups excluding tert-OH is 1. The molecule has 0 bridgehead atoms. The molecular formula is C22H22FN7O2. The molecule has 0 amide bonds. The van der Waals surface area contributed by atoms with Crippen molar-refractivity contribution in [1.82, 2.24) is 29.5 Å². The van der Waals surface area contributed by atoms with E-state index in [1.165, 1.54) is 19.5 Å². The molecule has 0 saturated carbocycles. The Kier molecular flexibility index (Phi) is 5.14. The molecule has 4 aromatic rings. The van der Waals surface area contributed by atoms with Crippen LogP contribution in [0.3, 0.4) is 0 Å². The molecule has 1 aliphatic heterocycles. The molecule has 5 rings (SSSR count). The molecule has 10 heteroatoms. The van der Waals surface area contributed by atoms with Gasteiger partial charge in [-0.05, 0) is 44.0 Å². The van der Waals surface area contributed by atoms with Crippen LogP contribution in [0.25, 0.3) is 17.0 Å². The van der Waals surface area contributed by atoms with Crippen LogP contribution in [0.15, 0.2) is 43.0 Å². The Bertz CT molecular complexity index is 1280. The lowest BCUT2D eigenvalue weighted by Gasteiger charge is -2.26. The second kappa shape index (κ2) is 8.12. The van der Waals surface area contributed by atoms with E-state index in [0.717, 1.165) is 31.4 Å². The van der Waals surface area contributed by atoms with E-state index in [0.29, 0.717) is 34.2 Å². The zero-order valence-corrected chi connectivity index (χ0v) is 17.7. The zero-order valence-electron chi connectivity index (χ0n) is 17.7. The van der Waals surface area contributed by atoms with E-state index >= 15 is 0 Å². The van der Waals surface area contributed by atoms with Crippen LogP contribution in [0.5, 0.6) is 5.88 Å². The van der Waals surface area contributed by atoms with Gasteiger partial charge < -0.3 is 14.7 Å². The topological polar surface area (TPSA) is 102 Å². The fourth-order valence-electron chi connectivity index (χ4n) is 4.15. The number of fused-ring (bicyclic) bond motifs is 1. The Morgan fingerprint density at radius 2 is 2.03 bits per heavy atom. The maximum absolute atomic E-state index is 14.0. The van der Waals surface area contributed by atoms with Gasteiger partial charge in [-0.2, -0.15) is 0 Å². The Morgan fingerprint density at radius 1 is 1.16 bits per heavy atom. The Balaban J connectivity index is 1.56. The van der Waals surface area contributed by atoms with Crippen molar-refractivity contribution in [2.24, 2.45) is 0 Å². The maximum atomic E-state index is 14.0. The molecule has 5 heterocycles. The summed E-state index contributed by atoms with van der Waals surface area (Å²) in [5, 5.41) is 14.7. The second-order valence-corrected chi connectivity index (χ2v) is 7.71. The van der Waals surface area contributed by atoms with Crippen molar-refractivity contribution in [2.45, 2.75) is 31.9 Å². The van der Waals surface area contributed by atoms with Crippen molar-refractivity contribution in [3.05, 3.63) is 60.1 Å². The van der Waals surface area contributed by atoms with Gasteiger partial charge in [0, 0.05) is 12.1 Å². The van der Waals surface area contributed by atoms with Crippen molar-refractivity contribution < 1.29 is 14.2 Å². The second-order valence-electron chi connectivity index (χ2n) is 7.71. The van der Waals surface area contributed by atoms with Crippen LogP contribution in [0, 0.1) is 5.82 Å². The standard InChI is InChI=1S/C22H22FN7O2/c1-13(31)16-9-17(27-12-26-16)19-11-24-20-5-6-21(28-30(19)20)29-7-3-4-18(29)15-8-14(23)10-25-22(15)32-2/h5-6,8-13,18,31H,3-4,7H2,1-2H3/t13-,18?/m1/s1. The minimum absolute atomic E-state index is 0.106. The van der Waals surface area contributed by atoms with Crippen LogP contribution in [-0.2, 0) is 0 Å². The number of hydrogen-bond donors (Lipinski definition) is 1. The third-order valence-electron chi connectivity index (χ3n) is 5.67. The summed E-state index contributed by atoms with van der Waals surface area (Å²) in [5.41, 5.74) is 3.19. The lowest BCUT2D eigenvalue weighted by atomic mass is 10.1. The summed E-state index contributed by atoms with van der Waals surface area (Å²) in [6.07, 6.45) is 5.33. The summed E-state index contributed by atoms with van der Waals surface area (Å²) in [5.74, 6) is 0.750. The number of halogens is 1. The lowest BCUT2D eigenvalue weighted by molar-refractivity contribution is 0.194. The van der Waals surface area contributed by atoms with Gasteiger partial charge in [0.1, 0.15) is 23.7 Å². The fourth-order valence-corrected chi connectivity index (χ4v) is 4.15. The first-order valence-electron chi connectivity index (χ1n) is 10.4. The minimum Gasteiger partial charge on any atom is -0.481 e. The van der Waals surface area contributed by atoms with Gasteiger partial charge in [-0.3, -0.25) is 0 Å². The summed E-state index contributed by atoms with van der Waals surface area (Å²) >= 11 is 0. The van der Waals surface area contributed by atoms with Crippen LogP contribution in [-0.4, -0.2) is 48.3 Å². The molecule has 2 atom stereocenters. The Hall–Kier alpha value is -3.66. The van der Waals surface area contributed by atoms with E-state index in [1.54, 1.807) is 23.7 Å². The molecule has 1 saturated heterocycles. The molecule has 0 radical (unpaired) electrons. The van der Waals surface area contributed by atoms with Crippen molar-refractivity contribution in [1.29, 1.82) is 0 Å².